The Morgan fingerprint density at radius 3 is 2.62 bits per heavy atom. The molecular weight excluding hydrogens is 335 g/mol. The SMILES string of the molecule is CC(C)n1cc(Br)cc1C(=O)NCCc1ccc(F)cc1. The lowest BCUT2D eigenvalue weighted by molar-refractivity contribution is 0.0943. The second kappa shape index (κ2) is 6.89. The molecule has 1 amide bonds. The molecule has 0 atom stereocenters. The van der Waals surface area contributed by atoms with Gasteiger partial charge in [-0.15, -0.1) is 0 Å². The van der Waals surface area contributed by atoms with Gasteiger partial charge in [0.2, 0.25) is 0 Å². The minimum atomic E-state index is -0.248. The Labute approximate surface area is 132 Å². The van der Waals surface area contributed by atoms with Crippen molar-refractivity contribution in [2.45, 2.75) is 26.3 Å². The number of nitrogens with one attached hydrogen (secondary N) is 1. The van der Waals surface area contributed by atoms with E-state index in [1.807, 2.05) is 30.7 Å². The average molecular weight is 353 g/mol. The number of rotatable bonds is 5. The molecule has 0 unspecified atom stereocenters. The summed E-state index contributed by atoms with van der Waals surface area (Å²) in [5, 5.41) is 2.90. The van der Waals surface area contributed by atoms with E-state index in [1.165, 1.54) is 12.1 Å². The van der Waals surface area contributed by atoms with E-state index in [2.05, 4.69) is 21.2 Å². The molecule has 0 bridgehead atoms. The molecule has 0 aliphatic carbocycles. The predicted octanol–water partition coefficient (Wildman–Crippen LogP) is 3.94. The highest BCUT2D eigenvalue weighted by Gasteiger charge is 2.14. The Hall–Kier alpha value is -1.62. The zero-order valence-electron chi connectivity index (χ0n) is 12.1. The molecule has 0 saturated heterocycles. The maximum absolute atomic E-state index is 12.8. The van der Waals surface area contributed by atoms with Gasteiger partial charge in [-0.25, -0.2) is 4.39 Å². The standard InChI is InChI=1S/C16H18BrFN2O/c1-11(2)20-10-13(17)9-15(20)16(21)19-8-7-12-3-5-14(18)6-4-12/h3-6,9-11H,7-8H2,1-2H3,(H,19,21). The smallest absolute Gasteiger partial charge is 0.267 e. The number of hydrogen-bond donors (Lipinski definition) is 1. The fourth-order valence-electron chi connectivity index (χ4n) is 2.12. The molecule has 1 aromatic heterocycles. The molecule has 0 spiro atoms. The minimum Gasteiger partial charge on any atom is -0.350 e. The molecule has 1 aromatic carbocycles. The number of carbonyl (C=O) groups is 1. The van der Waals surface area contributed by atoms with Crippen molar-refractivity contribution in [1.29, 1.82) is 0 Å². The van der Waals surface area contributed by atoms with Crippen LogP contribution in [0, 0.1) is 5.82 Å². The number of amides is 1. The van der Waals surface area contributed by atoms with E-state index >= 15 is 0 Å². The van der Waals surface area contributed by atoms with Crippen molar-refractivity contribution in [3.63, 3.8) is 0 Å². The van der Waals surface area contributed by atoms with Crippen molar-refractivity contribution in [1.82, 2.24) is 9.88 Å². The zero-order chi connectivity index (χ0) is 15.4. The molecule has 1 N–H and O–H groups in total. The molecule has 5 heteroatoms. The molecule has 0 radical (unpaired) electrons. The van der Waals surface area contributed by atoms with E-state index in [-0.39, 0.29) is 17.8 Å². The average Bonchev–Trinajstić information content (AvgIpc) is 2.83. The lowest BCUT2D eigenvalue weighted by Gasteiger charge is -2.12. The Kier molecular flexibility index (Phi) is 5.17. The topological polar surface area (TPSA) is 34.0 Å². The Morgan fingerprint density at radius 1 is 1.33 bits per heavy atom. The molecular formula is C16H18BrFN2O. The molecule has 21 heavy (non-hydrogen) atoms. The van der Waals surface area contributed by atoms with Crippen molar-refractivity contribution in [3.05, 3.63) is 58.1 Å². The molecule has 0 saturated carbocycles. The summed E-state index contributed by atoms with van der Waals surface area (Å²) in [5.74, 6) is -0.348. The van der Waals surface area contributed by atoms with Gasteiger partial charge in [0.25, 0.3) is 5.91 Å². The lowest BCUT2D eigenvalue weighted by atomic mass is 10.1. The maximum atomic E-state index is 12.8. The van der Waals surface area contributed by atoms with Gasteiger partial charge in [-0.05, 0) is 60.0 Å². The van der Waals surface area contributed by atoms with Crippen LogP contribution in [0.1, 0.15) is 35.9 Å². The fraction of sp³-hybridized carbons (Fsp3) is 0.312. The molecule has 3 nitrogen and oxygen atoms in total. The molecule has 0 aliphatic rings. The van der Waals surface area contributed by atoms with Crippen LogP contribution in [0.5, 0.6) is 0 Å². The van der Waals surface area contributed by atoms with E-state index in [0.29, 0.717) is 18.7 Å². The molecule has 2 aromatic rings. The summed E-state index contributed by atoms with van der Waals surface area (Å²) >= 11 is 3.39. The van der Waals surface area contributed by atoms with Gasteiger partial charge >= 0.3 is 0 Å². The number of aromatic nitrogens is 1. The molecule has 0 aliphatic heterocycles. The van der Waals surface area contributed by atoms with Crippen molar-refractivity contribution < 1.29 is 9.18 Å². The third-order valence-corrected chi connectivity index (χ3v) is 3.65. The summed E-state index contributed by atoms with van der Waals surface area (Å²) in [6.07, 6.45) is 2.58. The highest BCUT2D eigenvalue weighted by molar-refractivity contribution is 9.10. The van der Waals surface area contributed by atoms with Crippen LogP contribution < -0.4 is 5.32 Å². The van der Waals surface area contributed by atoms with E-state index in [0.717, 1.165) is 10.0 Å². The van der Waals surface area contributed by atoms with Gasteiger partial charge in [-0.2, -0.15) is 0 Å². The van der Waals surface area contributed by atoms with Crippen molar-refractivity contribution in [2.24, 2.45) is 0 Å². The van der Waals surface area contributed by atoms with Crippen LogP contribution in [-0.4, -0.2) is 17.0 Å². The van der Waals surface area contributed by atoms with Crippen LogP contribution in [0.4, 0.5) is 4.39 Å². The highest BCUT2D eigenvalue weighted by Crippen LogP contribution is 2.19. The zero-order valence-corrected chi connectivity index (χ0v) is 13.7. The summed E-state index contributed by atoms with van der Waals surface area (Å²) in [4.78, 5) is 12.2. The van der Waals surface area contributed by atoms with Crippen LogP contribution in [0.2, 0.25) is 0 Å². The van der Waals surface area contributed by atoms with Gasteiger partial charge in [0.05, 0.1) is 0 Å². The number of halogens is 2. The summed E-state index contributed by atoms with van der Waals surface area (Å²) in [6.45, 7) is 4.58. The van der Waals surface area contributed by atoms with Gasteiger partial charge < -0.3 is 9.88 Å². The Bertz CT molecular complexity index is 620. The summed E-state index contributed by atoms with van der Waals surface area (Å²) < 4.78 is 15.6. The summed E-state index contributed by atoms with van der Waals surface area (Å²) in [7, 11) is 0. The van der Waals surface area contributed by atoms with Crippen LogP contribution >= 0.6 is 15.9 Å². The van der Waals surface area contributed by atoms with Crippen LogP contribution in [0.25, 0.3) is 0 Å². The minimum absolute atomic E-state index is 0.100. The number of benzene rings is 1. The van der Waals surface area contributed by atoms with E-state index in [1.54, 1.807) is 12.1 Å². The second-order valence-corrected chi connectivity index (χ2v) is 6.09. The lowest BCUT2D eigenvalue weighted by Crippen LogP contribution is -2.28. The quantitative estimate of drug-likeness (QED) is 0.868. The first-order chi connectivity index (χ1) is 9.97. The van der Waals surface area contributed by atoms with Gasteiger partial charge in [0, 0.05) is 23.3 Å². The molecule has 112 valence electrons. The van der Waals surface area contributed by atoms with Gasteiger partial charge in [-0.3, -0.25) is 4.79 Å². The molecule has 2 rings (SSSR count). The Morgan fingerprint density at radius 2 is 2.00 bits per heavy atom. The van der Waals surface area contributed by atoms with Crippen LogP contribution in [-0.2, 0) is 6.42 Å². The maximum Gasteiger partial charge on any atom is 0.267 e. The molecule has 0 fully saturated rings. The molecule has 1 heterocycles. The van der Waals surface area contributed by atoms with E-state index < -0.39 is 0 Å². The van der Waals surface area contributed by atoms with Gasteiger partial charge in [-0.1, -0.05) is 12.1 Å². The van der Waals surface area contributed by atoms with Crippen molar-refractivity contribution >= 4 is 21.8 Å². The number of carbonyl (C=O) groups excluding carboxylic acids is 1. The van der Waals surface area contributed by atoms with Crippen molar-refractivity contribution in [2.75, 3.05) is 6.54 Å². The number of nitrogens with zero attached hydrogens (tertiary/aromatic N) is 1. The first kappa shape index (κ1) is 15.8. The monoisotopic (exact) mass is 352 g/mol. The van der Waals surface area contributed by atoms with Crippen molar-refractivity contribution in [3.8, 4) is 0 Å². The Balaban J connectivity index is 1.94. The third-order valence-electron chi connectivity index (χ3n) is 3.22. The van der Waals surface area contributed by atoms with Crippen LogP contribution in [0.15, 0.2) is 41.0 Å². The summed E-state index contributed by atoms with van der Waals surface area (Å²) in [5.41, 5.74) is 1.63. The first-order valence-electron chi connectivity index (χ1n) is 6.87. The largest absolute Gasteiger partial charge is 0.350 e. The van der Waals surface area contributed by atoms with E-state index in [4.69, 9.17) is 0 Å². The fourth-order valence-corrected chi connectivity index (χ4v) is 2.55. The predicted molar refractivity (Wildman–Crippen MR) is 85.0 cm³/mol. The van der Waals surface area contributed by atoms with E-state index in [9.17, 15) is 9.18 Å². The third kappa shape index (κ3) is 4.17. The summed E-state index contributed by atoms with van der Waals surface area (Å²) in [6, 6.07) is 8.35. The van der Waals surface area contributed by atoms with Gasteiger partial charge in [0.1, 0.15) is 11.5 Å². The van der Waals surface area contributed by atoms with Crippen LogP contribution in [0.3, 0.4) is 0 Å². The van der Waals surface area contributed by atoms with Gasteiger partial charge in [0.15, 0.2) is 0 Å². The highest BCUT2D eigenvalue weighted by atomic mass is 79.9. The number of hydrogen-bond acceptors (Lipinski definition) is 1. The second-order valence-electron chi connectivity index (χ2n) is 5.18. The normalized spacial score (nSPS) is 10.9. The first-order valence-corrected chi connectivity index (χ1v) is 7.66.